The Kier molecular flexibility index (Phi) is 5.98. The molecule has 2 rings (SSSR count). The van der Waals surface area contributed by atoms with Gasteiger partial charge in [0.1, 0.15) is 17.2 Å². The summed E-state index contributed by atoms with van der Waals surface area (Å²) in [6.07, 6.45) is -0.0871. The van der Waals surface area contributed by atoms with Crippen molar-refractivity contribution in [2.75, 3.05) is 6.54 Å². The Hall–Kier alpha value is -1.90. The minimum absolute atomic E-state index is 0.00275. The Labute approximate surface area is 145 Å². The molecule has 9 heteroatoms. The van der Waals surface area contributed by atoms with Crippen LogP contribution in [0.1, 0.15) is 23.4 Å². The predicted octanol–water partition coefficient (Wildman–Crippen LogP) is 2.36. The summed E-state index contributed by atoms with van der Waals surface area (Å²) >= 11 is 5.77. The van der Waals surface area contributed by atoms with Gasteiger partial charge in [0.2, 0.25) is 10.0 Å². The highest BCUT2D eigenvalue weighted by molar-refractivity contribution is 7.89. The summed E-state index contributed by atoms with van der Waals surface area (Å²) in [5, 5.41) is 4.20. The Balaban J connectivity index is 1.81. The Bertz CT molecular complexity index is 795. The van der Waals surface area contributed by atoms with E-state index < -0.39 is 16.0 Å². The molecule has 0 saturated heterocycles. The molecule has 0 amide bonds. The van der Waals surface area contributed by atoms with Crippen molar-refractivity contribution >= 4 is 27.6 Å². The quantitative estimate of drug-likeness (QED) is 0.749. The minimum Gasteiger partial charge on any atom is -0.461 e. The lowest BCUT2D eigenvalue weighted by atomic mass is 10.2. The first-order valence-electron chi connectivity index (χ1n) is 7.12. The Morgan fingerprint density at radius 2 is 1.96 bits per heavy atom. The molecular weight excluding hydrogens is 356 g/mol. The van der Waals surface area contributed by atoms with Gasteiger partial charge in [-0.05, 0) is 31.5 Å². The normalized spacial score (nSPS) is 11.5. The largest absolute Gasteiger partial charge is 0.461 e. The number of hydrogen-bond acceptors (Lipinski definition) is 6. The van der Waals surface area contributed by atoms with Gasteiger partial charge in [-0.1, -0.05) is 28.9 Å². The fourth-order valence-electron chi connectivity index (χ4n) is 2.03. The molecule has 0 radical (unpaired) electrons. The van der Waals surface area contributed by atoms with E-state index in [2.05, 4.69) is 9.88 Å². The number of carbonyl (C=O) groups excluding carboxylic acids is 1. The maximum atomic E-state index is 12.2. The smallest absolute Gasteiger partial charge is 0.307 e. The molecular formula is C15H17ClN2O5S. The number of nitrogens with zero attached hydrogens (tertiary/aromatic N) is 1. The summed E-state index contributed by atoms with van der Waals surface area (Å²) in [6, 6.07) is 6.89. The SMILES string of the molecule is Cc1noc(C)c1S(=O)(=O)NCCC(=O)OCc1ccc(Cl)cc1. The van der Waals surface area contributed by atoms with Crippen molar-refractivity contribution in [3.8, 4) is 0 Å². The van der Waals surface area contributed by atoms with Crippen molar-refractivity contribution in [1.82, 2.24) is 9.88 Å². The molecule has 0 spiro atoms. The van der Waals surface area contributed by atoms with Crippen LogP contribution in [0, 0.1) is 13.8 Å². The van der Waals surface area contributed by atoms with Crippen LogP contribution in [0.25, 0.3) is 0 Å². The minimum atomic E-state index is -3.77. The molecule has 0 aliphatic heterocycles. The number of rotatable bonds is 7. The molecule has 2 aromatic rings. The Morgan fingerprint density at radius 3 is 2.54 bits per heavy atom. The number of esters is 1. The van der Waals surface area contributed by atoms with Crippen LogP contribution in [0.15, 0.2) is 33.7 Å². The van der Waals surface area contributed by atoms with Gasteiger partial charge in [0.05, 0.1) is 6.42 Å². The van der Waals surface area contributed by atoms with Crippen LogP contribution in [-0.4, -0.2) is 26.1 Å². The van der Waals surface area contributed by atoms with E-state index in [-0.39, 0.29) is 35.9 Å². The molecule has 130 valence electrons. The van der Waals surface area contributed by atoms with Gasteiger partial charge in [-0.25, -0.2) is 13.1 Å². The number of benzene rings is 1. The number of ether oxygens (including phenoxy) is 1. The van der Waals surface area contributed by atoms with Gasteiger partial charge in [-0.2, -0.15) is 0 Å². The fourth-order valence-corrected chi connectivity index (χ4v) is 3.52. The van der Waals surface area contributed by atoms with Gasteiger partial charge in [0.25, 0.3) is 0 Å². The maximum absolute atomic E-state index is 12.2. The first-order valence-corrected chi connectivity index (χ1v) is 8.98. The molecule has 1 N–H and O–H groups in total. The van der Waals surface area contributed by atoms with E-state index in [1.54, 1.807) is 24.3 Å². The van der Waals surface area contributed by atoms with Gasteiger partial charge in [0.15, 0.2) is 5.76 Å². The van der Waals surface area contributed by atoms with Gasteiger partial charge in [-0.3, -0.25) is 4.79 Å². The predicted molar refractivity (Wildman–Crippen MR) is 87.0 cm³/mol. The third-order valence-electron chi connectivity index (χ3n) is 3.17. The average molecular weight is 373 g/mol. The van der Waals surface area contributed by atoms with Crippen LogP contribution in [0.2, 0.25) is 5.02 Å². The number of aryl methyl sites for hydroxylation is 2. The van der Waals surface area contributed by atoms with Crippen LogP contribution < -0.4 is 4.72 Å². The van der Waals surface area contributed by atoms with Gasteiger partial charge in [-0.15, -0.1) is 0 Å². The maximum Gasteiger partial charge on any atom is 0.307 e. The van der Waals surface area contributed by atoms with Crippen molar-refractivity contribution in [3.05, 3.63) is 46.3 Å². The topological polar surface area (TPSA) is 98.5 Å². The highest BCUT2D eigenvalue weighted by Gasteiger charge is 2.23. The van der Waals surface area contributed by atoms with Crippen molar-refractivity contribution in [2.24, 2.45) is 0 Å². The monoisotopic (exact) mass is 372 g/mol. The van der Waals surface area contributed by atoms with Crippen LogP contribution in [-0.2, 0) is 26.2 Å². The van der Waals surface area contributed by atoms with E-state index in [1.165, 1.54) is 13.8 Å². The molecule has 24 heavy (non-hydrogen) atoms. The van der Waals surface area contributed by atoms with Gasteiger partial charge >= 0.3 is 5.97 Å². The molecule has 1 aromatic carbocycles. The summed E-state index contributed by atoms with van der Waals surface area (Å²) < 4.78 is 36.5. The van der Waals surface area contributed by atoms with E-state index >= 15 is 0 Å². The van der Waals surface area contributed by atoms with E-state index in [0.717, 1.165) is 5.56 Å². The standard InChI is InChI=1S/C15H17ClN2O5S/c1-10-15(11(2)23-18-10)24(20,21)17-8-7-14(19)22-9-12-3-5-13(16)6-4-12/h3-6,17H,7-9H2,1-2H3. The molecule has 7 nitrogen and oxygen atoms in total. The average Bonchev–Trinajstić information content (AvgIpc) is 2.86. The summed E-state index contributed by atoms with van der Waals surface area (Å²) in [7, 11) is -3.77. The lowest BCUT2D eigenvalue weighted by Crippen LogP contribution is -2.27. The highest BCUT2D eigenvalue weighted by atomic mass is 35.5. The first-order chi connectivity index (χ1) is 11.3. The van der Waals surface area contributed by atoms with Crippen LogP contribution in [0.4, 0.5) is 0 Å². The number of nitrogens with one attached hydrogen (secondary N) is 1. The number of sulfonamides is 1. The van der Waals surface area contributed by atoms with Crippen LogP contribution in [0.5, 0.6) is 0 Å². The summed E-state index contributed by atoms with van der Waals surface area (Å²) in [5.74, 6) is -0.309. The lowest BCUT2D eigenvalue weighted by molar-refractivity contribution is -0.144. The zero-order chi connectivity index (χ0) is 17.7. The number of halogens is 1. The third kappa shape index (κ3) is 4.80. The molecule has 0 saturated carbocycles. The highest BCUT2D eigenvalue weighted by Crippen LogP contribution is 2.18. The van der Waals surface area contributed by atoms with Crippen molar-refractivity contribution < 1.29 is 22.5 Å². The zero-order valence-electron chi connectivity index (χ0n) is 13.2. The number of aromatic nitrogens is 1. The van der Waals surface area contributed by atoms with Gasteiger partial charge in [0, 0.05) is 11.6 Å². The Morgan fingerprint density at radius 1 is 1.29 bits per heavy atom. The van der Waals surface area contributed by atoms with Crippen molar-refractivity contribution in [2.45, 2.75) is 31.8 Å². The van der Waals surface area contributed by atoms with E-state index in [0.29, 0.717) is 5.02 Å². The molecule has 1 heterocycles. The molecule has 0 fully saturated rings. The lowest BCUT2D eigenvalue weighted by Gasteiger charge is -2.07. The number of carbonyl (C=O) groups is 1. The van der Waals surface area contributed by atoms with Crippen LogP contribution >= 0.6 is 11.6 Å². The molecule has 0 atom stereocenters. The second kappa shape index (κ2) is 7.78. The van der Waals surface area contributed by atoms with Crippen molar-refractivity contribution in [1.29, 1.82) is 0 Å². The van der Waals surface area contributed by atoms with Crippen LogP contribution in [0.3, 0.4) is 0 Å². The second-order valence-electron chi connectivity index (χ2n) is 5.09. The van der Waals surface area contributed by atoms with E-state index in [1.807, 2.05) is 0 Å². The molecule has 0 aliphatic carbocycles. The molecule has 0 bridgehead atoms. The summed E-state index contributed by atoms with van der Waals surface area (Å²) in [5.41, 5.74) is 1.06. The number of hydrogen-bond donors (Lipinski definition) is 1. The van der Waals surface area contributed by atoms with E-state index in [9.17, 15) is 13.2 Å². The summed E-state index contributed by atoms with van der Waals surface area (Å²) in [4.78, 5) is 11.7. The van der Waals surface area contributed by atoms with Crippen molar-refractivity contribution in [3.63, 3.8) is 0 Å². The van der Waals surface area contributed by atoms with E-state index in [4.69, 9.17) is 20.9 Å². The zero-order valence-corrected chi connectivity index (χ0v) is 14.8. The third-order valence-corrected chi connectivity index (χ3v) is 5.13. The molecule has 0 aliphatic rings. The fraction of sp³-hybridized carbons (Fsp3) is 0.333. The van der Waals surface area contributed by atoms with Gasteiger partial charge < -0.3 is 9.26 Å². The second-order valence-corrected chi connectivity index (χ2v) is 7.23. The summed E-state index contributed by atoms with van der Waals surface area (Å²) in [6.45, 7) is 3.07. The molecule has 0 unspecified atom stereocenters. The molecule has 1 aromatic heterocycles. The first kappa shape index (κ1) is 18.4.